The molecule has 34 heavy (non-hydrogen) atoms. The summed E-state index contributed by atoms with van der Waals surface area (Å²) >= 11 is 0. The van der Waals surface area contributed by atoms with Crippen LogP contribution in [0.5, 0.6) is 11.5 Å². The smallest absolute Gasteiger partial charge is 0.300 e. The lowest BCUT2D eigenvalue weighted by molar-refractivity contribution is -0.132. The van der Waals surface area contributed by atoms with E-state index >= 15 is 0 Å². The van der Waals surface area contributed by atoms with Crippen LogP contribution < -0.4 is 9.64 Å². The van der Waals surface area contributed by atoms with Gasteiger partial charge in [-0.15, -0.1) is 0 Å². The van der Waals surface area contributed by atoms with Gasteiger partial charge in [-0.1, -0.05) is 26.8 Å². The van der Waals surface area contributed by atoms with Crippen molar-refractivity contribution in [1.29, 1.82) is 0 Å². The summed E-state index contributed by atoms with van der Waals surface area (Å²) in [6.45, 7) is 7.84. The molecule has 0 aliphatic carbocycles. The van der Waals surface area contributed by atoms with Gasteiger partial charge in [0.15, 0.2) is 0 Å². The van der Waals surface area contributed by atoms with Gasteiger partial charge < -0.3 is 19.4 Å². The number of nitrogens with zero attached hydrogens (tertiary/aromatic N) is 1. The molecule has 3 aromatic rings. The molecule has 7 nitrogen and oxygen atoms in total. The van der Waals surface area contributed by atoms with Gasteiger partial charge in [0.1, 0.15) is 29.1 Å². The van der Waals surface area contributed by atoms with E-state index in [1.807, 2.05) is 27.7 Å². The largest absolute Gasteiger partial charge is 0.507 e. The van der Waals surface area contributed by atoms with Crippen molar-refractivity contribution in [2.75, 3.05) is 12.0 Å². The van der Waals surface area contributed by atoms with Crippen LogP contribution in [0.3, 0.4) is 0 Å². The van der Waals surface area contributed by atoms with Gasteiger partial charge in [-0.2, -0.15) is 0 Å². The number of aliphatic hydroxyl groups is 1. The molecule has 1 saturated heterocycles. The topological polar surface area (TPSA) is 100 Å². The van der Waals surface area contributed by atoms with Crippen molar-refractivity contribution < 1.29 is 29.0 Å². The Morgan fingerprint density at radius 2 is 1.82 bits per heavy atom. The molecular weight excluding hydrogens is 434 g/mol. The molecule has 2 heterocycles. The van der Waals surface area contributed by atoms with E-state index in [4.69, 9.17) is 9.15 Å². The first kappa shape index (κ1) is 23.2. The molecular formula is C27H27NO6. The van der Waals surface area contributed by atoms with Crippen LogP contribution in [0.4, 0.5) is 5.69 Å². The molecule has 1 unspecified atom stereocenters. The Hall–Kier alpha value is -4.00. The average Bonchev–Trinajstić information content (AvgIpc) is 3.41. The zero-order valence-corrected chi connectivity index (χ0v) is 19.7. The highest BCUT2D eigenvalue weighted by atomic mass is 16.5. The minimum absolute atomic E-state index is 0.120. The third kappa shape index (κ3) is 3.83. The van der Waals surface area contributed by atoms with Crippen molar-refractivity contribution in [2.45, 2.75) is 39.2 Å². The number of ether oxygens (including phenoxy) is 1. The number of aromatic hydroxyl groups is 1. The number of carbonyl (C=O) groups is 2. The van der Waals surface area contributed by atoms with Crippen LogP contribution in [0.15, 0.2) is 64.8 Å². The van der Waals surface area contributed by atoms with Gasteiger partial charge in [-0.25, -0.2) is 0 Å². The van der Waals surface area contributed by atoms with E-state index in [1.54, 1.807) is 49.6 Å². The number of carbonyl (C=O) groups excluding carboxylic acids is 2. The molecule has 1 aliphatic rings. The van der Waals surface area contributed by atoms with E-state index in [-0.39, 0.29) is 33.9 Å². The number of Topliss-reactive ketones (excluding diaryl/α,β-unsaturated/α-hetero) is 1. The minimum atomic E-state index is -1.05. The second-order valence-electron chi connectivity index (χ2n) is 9.34. The molecule has 1 amide bonds. The molecule has 176 valence electrons. The SMILES string of the molecule is COc1ccc(/C(O)=C2/C(=O)C(=O)N(c3cc(C)ccc3O)C2c2ccco2)cc1C(C)(C)C. The fourth-order valence-corrected chi connectivity index (χ4v) is 4.22. The number of benzene rings is 2. The molecule has 2 aromatic carbocycles. The lowest BCUT2D eigenvalue weighted by Crippen LogP contribution is -2.29. The standard InChI is InChI=1S/C27H27NO6/c1-15-8-10-19(29)18(13-15)28-23(21-7-6-12-34-21)22(25(31)26(28)32)24(30)16-9-11-20(33-5)17(14-16)27(2,3)4/h6-14,23,29-30H,1-5H3/b24-22-. The van der Waals surface area contributed by atoms with Crippen LogP contribution in [-0.4, -0.2) is 29.0 Å². The number of amides is 1. The molecule has 1 atom stereocenters. The summed E-state index contributed by atoms with van der Waals surface area (Å²) < 4.78 is 11.1. The summed E-state index contributed by atoms with van der Waals surface area (Å²) in [5, 5.41) is 21.9. The monoisotopic (exact) mass is 461 g/mol. The van der Waals surface area contributed by atoms with E-state index in [0.717, 1.165) is 11.1 Å². The average molecular weight is 462 g/mol. The number of hydrogen-bond donors (Lipinski definition) is 2. The third-order valence-electron chi connectivity index (χ3n) is 5.93. The quantitative estimate of drug-likeness (QED) is 0.314. The molecule has 1 aliphatic heterocycles. The minimum Gasteiger partial charge on any atom is -0.507 e. The second-order valence-corrected chi connectivity index (χ2v) is 9.34. The van der Waals surface area contributed by atoms with Crippen LogP contribution in [0.25, 0.3) is 5.76 Å². The van der Waals surface area contributed by atoms with Crippen LogP contribution in [0.2, 0.25) is 0 Å². The molecule has 7 heteroatoms. The predicted molar refractivity (Wildman–Crippen MR) is 128 cm³/mol. The summed E-state index contributed by atoms with van der Waals surface area (Å²) in [4.78, 5) is 27.6. The van der Waals surface area contributed by atoms with Crippen LogP contribution in [0.1, 0.15) is 49.3 Å². The number of rotatable bonds is 4. The summed E-state index contributed by atoms with van der Waals surface area (Å²) in [6.07, 6.45) is 1.43. The van der Waals surface area contributed by atoms with E-state index in [2.05, 4.69) is 0 Å². The lowest BCUT2D eigenvalue weighted by Gasteiger charge is -2.25. The van der Waals surface area contributed by atoms with E-state index in [9.17, 15) is 19.8 Å². The normalized spacial score (nSPS) is 17.9. The zero-order chi connectivity index (χ0) is 24.8. The van der Waals surface area contributed by atoms with Gasteiger partial charge in [-0.05, 0) is 60.4 Å². The Balaban J connectivity index is 1.96. The zero-order valence-electron chi connectivity index (χ0n) is 19.7. The molecule has 2 N–H and O–H groups in total. The van der Waals surface area contributed by atoms with Gasteiger partial charge in [0, 0.05) is 11.1 Å². The van der Waals surface area contributed by atoms with E-state index in [1.165, 1.54) is 17.2 Å². The van der Waals surface area contributed by atoms with Crippen LogP contribution in [-0.2, 0) is 15.0 Å². The van der Waals surface area contributed by atoms with Crippen molar-refractivity contribution in [1.82, 2.24) is 0 Å². The molecule has 0 radical (unpaired) electrons. The summed E-state index contributed by atoms with van der Waals surface area (Å²) in [5.74, 6) is -1.30. The Morgan fingerprint density at radius 1 is 1.09 bits per heavy atom. The third-order valence-corrected chi connectivity index (χ3v) is 5.93. The van der Waals surface area contributed by atoms with Gasteiger partial charge >= 0.3 is 0 Å². The Kier molecular flexibility index (Phi) is 5.73. The maximum Gasteiger partial charge on any atom is 0.300 e. The molecule has 1 fully saturated rings. The summed E-state index contributed by atoms with van der Waals surface area (Å²) in [6, 6.07) is 12.1. The molecule has 0 spiro atoms. The first-order valence-electron chi connectivity index (χ1n) is 10.9. The number of furan rings is 1. The van der Waals surface area contributed by atoms with Gasteiger partial charge in [-0.3, -0.25) is 14.5 Å². The number of ketones is 1. The predicted octanol–water partition coefficient (Wildman–Crippen LogP) is 5.23. The molecule has 4 rings (SSSR count). The molecule has 0 bridgehead atoms. The van der Waals surface area contributed by atoms with Crippen LogP contribution in [0, 0.1) is 6.92 Å². The Morgan fingerprint density at radius 3 is 2.44 bits per heavy atom. The fraction of sp³-hybridized carbons (Fsp3) is 0.259. The van der Waals surface area contributed by atoms with Crippen molar-refractivity contribution >= 4 is 23.1 Å². The fourth-order valence-electron chi connectivity index (χ4n) is 4.22. The Bertz CT molecular complexity index is 1300. The molecule has 0 saturated carbocycles. The van der Waals surface area contributed by atoms with Crippen molar-refractivity contribution in [3.8, 4) is 11.5 Å². The van der Waals surface area contributed by atoms with Crippen molar-refractivity contribution in [3.05, 3.63) is 82.8 Å². The maximum absolute atomic E-state index is 13.3. The lowest BCUT2D eigenvalue weighted by atomic mass is 9.84. The second kappa shape index (κ2) is 8.41. The number of hydrogen-bond acceptors (Lipinski definition) is 6. The van der Waals surface area contributed by atoms with E-state index < -0.39 is 17.7 Å². The highest BCUT2D eigenvalue weighted by Crippen LogP contribution is 2.45. The summed E-state index contributed by atoms with van der Waals surface area (Å²) in [7, 11) is 1.57. The summed E-state index contributed by atoms with van der Waals surface area (Å²) in [5.41, 5.74) is 1.73. The Labute approximate surface area is 197 Å². The van der Waals surface area contributed by atoms with Gasteiger partial charge in [0.05, 0.1) is 24.6 Å². The first-order chi connectivity index (χ1) is 16.0. The number of phenolic OH excluding ortho intramolecular Hbond substituents is 1. The number of anilines is 1. The highest BCUT2D eigenvalue weighted by Gasteiger charge is 2.49. The number of aryl methyl sites for hydroxylation is 1. The number of phenols is 1. The van der Waals surface area contributed by atoms with Gasteiger partial charge in [0.2, 0.25) is 0 Å². The maximum atomic E-state index is 13.3. The van der Waals surface area contributed by atoms with Crippen molar-refractivity contribution in [2.24, 2.45) is 0 Å². The number of aliphatic hydroxyl groups excluding tert-OH is 1. The van der Waals surface area contributed by atoms with Gasteiger partial charge in [0.25, 0.3) is 11.7 Å². The highest BCUT2D eigenvalue weighted by molar-refractivity contribution is 6.51. The molecule has 1 aromatic heterocycles. The van der Waals surface area contributed by atoms with E-state index in [0.29, 0.717) is 11.3 Å². The van der Waals surface area contributed by atoms with Crippen molar-refractivity contribution in [3.63, 3.8) is 0 Å². The first-order valence-corrected chi connectivity index (χ1v) is 10.9. The van der Waals surface area contributed by atoms with Crippen LogP contribution >= 0.6 is 0 Å². The number of methoxy groups -OCH3 is 1.